The minimum Gasteiger partial charge on any atom is -0.394 e. The first-order valence-corrected chi connectivity index (χ1v) is 22.1. The van der Waals surface area contributed by atoms with Gasteiger partial charge >= 0.3 is 0 Å². The lowest BCUT2D eigenvalue weighted by Gasteiger charge is -2.51. The van der Waals surface area contributed by atoms with Gasteiger partial charge in [0.2, 0.25) is 5.91 Å². The Bertz CT molecular complexity index is 1630. The molecule has 0 aromatic carbocycles. The molecule has 6 heterocycles. The lowest BCUT2D eigenvalue weighted by molar-refractivity contribution is -0.420. The van der Waals surface area contributed by atoms with E-state index in [9.17, 15) is 102 Å². The van der Waals surface area contributed by atoms with E-state index in [4.69, 9.17) is 52.1 Å². The standard InChI is InChI=1S/C38H65NO31/c1-8(46)39-15-28(20(51)13(6-44)60-33(15)59)66-36-31(25(56)19(50)11(4-42)63-36)69-38-32(29(21(52)14(7-45)65-38)67-34-26(57)22(53)16(47)9(2-40)61-34)70-37-30(24(55)18(49)12(5-43)64-37)68-35-27(58)23(54)17(48)10(3-41)62-35/h9-38,40-45,47-59H,2-7H2,1H3,(H,39,46)/t9-,10-,11-,12-,13-,14-,15-,16-,17-,18-,19-,20-,21-,22+,23+,24+,25+,26-,27+,28-,29+,30+,31+,32+,33?,34-,35+,36-,37-,38-/m1/s1. The molecule has 1 unspecified atom stereocenters. The monoisotopic (exact) mass is 1030 g/mol. The van der Waals surface area contributed by atoms with E-state index >= 15 is 0 Å². The highest BCUT2D eigenvalue weighted by molar-refractivity contribution is 5.73. The largest absolute Gasteiger partial charge is 0.394 e. The van der Waals surface area contributed by atoms with E-state index in [1.807, 2.05) is 0 Å². The van der Waals surface area contributed by atoms with Crippen LogP contribution in [-0.2, 0) is 56.9 Å². The lowest BCUT2D eigenvalue weighted by Crippen LogP contribution is -2.70. The van der Waals surface area contributed by atoms with Crippen LogP contribution in [0.15, 0.2) is 0 Å². The second kappa shape index (κ2) is 24.7. The van der Waals surface area contributed by atoms with E-state index in [0.717, 1.165) is 6.92 Å². The average Bonchev–Trinajstić information content (AvgIpc) is 3.34. The maximum Gasteiger partial charge on any atom is 0.217 e. The number of ether oxygens (including phenoxy) is 11. The Morgan fingerprint density at radius 3 is 1.03 bits per heavy atom. The summed E-state index contributed by atoms with van der Waals surface area (Å²) < 4.78 is 63.6. The van der Waals surface area contributed by atoms with Crippen molar-refractivity contribution >= 4 is 5.91 Å². The van der Waals surface area contributed by atoms with Crippen molar-refractivity contribution in [3.05, 3.63) is 0 Å². The molecule has 6 rings (SSSR count). The van der Waals surface area contributed by atoms with E-state index in [0.29, 0.717) is 0 Å². The number of nitrogens with one attached hydrogen (secondary N) is 1. The SMILES string of the molecule is CC(=O)N[C@H]1C(O)O[C@H](CO)[C@@H](O)[C@@H]1O[C@H]1O[C@H](CO)[C@@H](O)[C@H](O)[C@@H]1O[C@H]1O[C@H](CO)[C@@H](O)[C@H](O[C@H]2O[C@H](CO)[C@@H](O)[C@H](O)[C@H]2O)[C@@H]1O[C@H]1O[C@H](CO)[C@@H](O)[C@H](O)[C@@H]1O[C@@H]1O[C@H](CO)[C@@H](O)[C@H](O)[C@@H]1O. The van der Waals surface area contributed by atoms with Gasteiger partial charge in [-0.3, -0.25) is 4.79 Å². The minimum absolute atomic E-state index is 0.800. The summed E-state index contributed by atoms with van der Waals surface area (Å²) in [5, 5.41) is 205. The molecule has 30 atom stereocenters. The second-order valence-corrected chi connectivity index (χ2v) is 17.5. The number of carbonyl (C=O) groups excluding carboxylic acids is 1. The number of hydrogen-bond donors (Lipinski definition) is 20. The normalized spacial score (nSPS) is 51.5. The Hall–Kier alpha value is -1.73. The molecule has 0 bridgehead atoms. The molecule has 70 heavy (non-hydrogen) atoms. The van der Waals surface area contributed by atoms with E-state index in [-0.39, 0.29) is 0 Å². The van der Waals surface area contributed by atoms with Gasteiger partial charge in [0.25, 0.3) is 0 Å². The zero-order chi connectivity index (χ0) is 51.6. The van der Waals surface area contributed by atoms with E-state index in [1.54, 1.807) is 0 Å². The summed E-state index contributed by atoms with van der Waals surface area (Å²) in [7, 11) is 0. The molecular weight excluding hydrogens is 966 g/mol. The van der Waals surface area contributed by atoms with Crippen LogP contribution in [0, 0.1) is 0 Å². The van der Waals surface area contributed by atoms with E-state index in [2.05, 4.69) is 5.32 Å². The predicted octanol–water partition coefficient (Wildman–Crippen LogP) is -14.0. The molecule has 0 aromatic heterocycles. The number of aliphatic hydroxyl groups is 19. The van der Waals surface area contributed by atoms with Crippen molar-refractivity contribution in [3.8, 4) is 0 Å². The van der Waals surface area contributed by atoms with Crippen molar-refractivity contribution in [1.82, 2.24) is 5.32 Å². The molecule has 0 radical (unpaired) electrons. The maximum absolute atomic E-state index is 12.2. The Balaban J connectivity index is 1.43. The van der Waals surface area contributed by atoms with Crippen LogP contribution in [0.5, 0.6) is 0 Å². The first-order chi connectivity index (χ1) is 33.2. The smallest absolute Gasteiger partial charge is 0.217 e. The number of carbonyl (C=O) groups is 1. The number of amides is 1. The fourth-order valence-corrected chi connectivity index (χ4v) is 8.84. The molecule has 32 nitrogen and oxygen atoms in total. The highest BCUT2D eigenvalue weighted by Crippen LogP contribution is 2.38. The summed E-state index contributed by atoms with van der Waals surface area (Å²) in [6.07, 6.45) is -59.0. The van der Waals surface area contributed by atoms with Crippen LogP contribution in [0.25, 0.3) is 0 Å². The molecule has 6 fully saturated rings. The highest BCUT2D eigenvalue weighted by Gasteiger charge is 2.59. The quantitative estimate of drug-likeness (QED) is 0.0643. The van der Waals surface area contributed by atoms with Gasteiger partial charge in [-0.1, -0.05) is 0 Å². The van der Waals surface area contributed by atoms with Crippen molar-refractivity contribution in [3.63, 3.8) is 0 Å². The van der Waals surface area contributed by atoms with Gasteiger partial charge in [0.1, 0.15) is 146 Å². The molecular formula is C38H65NO31. The summed E-state index contributed by atoms with van der Waals surface area (Å²) in [4.78, 5) is 12.2. The average molecular weight is 1030 g/mol. The minimum atomic E-state index is -2.32. The molecule has 0 spiro atoms. The Morgan fingerprint density at radius 2 is 0.629 bits per heavy atom. The molecule has 0 saturated carbocycles. The van der Waals surface area contributed by atoms with Gasteiger partial charge in [0.05, 0.1) is 39.6 Å². The van der Waals surface area contributed by atoms with Crippen molar-refractivity contribution in [2.24, 2.45) is 0 Å². The van der Waals surface area contributed by atoms with Gasteiger partial charge in [-0.05, 0) is 0 Å². The Kier molecular flexibility index (Phi) is 20.3. The maximum atomic E-state index is 12.2. The van der Waals surface area contributed by atoms with Crippen LogP contribution in [-0.4, -0.2) is 327 Å². The van der Waals surface area contributed by atoms with Crippen molar-refractivity contribution in [2.45, 2.75) is 191 Å². The Labute approximate surface area is 395 Å². The molecule has 0 aromatic rings. The van der Waals surface area contributed by atoms with Crippen molar-refractivity contribution < 1.29 is 154 Å². The van der Waals surface area contributed by atoms with Crippen LogP contribution >= 0.6 is 0 Å². The van der Waals surface area contributed by atoms with Crippen LogP contribution in [0.3, 0.4) is 0 Å². The lowest BCUT2D eigenvalue weighted by atomic mass is 9.94. The van der Waals surface area contributed by atoms with Crippen LogP contribution in [0.4, 0.5) is 0 Å². The fourth-order valence-electron chi connectivity index (χ4n) is 8.84. The second-order valence-electron chi connectivity index (χ2n) is 17.5. The molecule has 6 saturated heterocycles. The zero-order valence-corrected chi connectivity index (χ0v) is 37.0. The third-order valence-electron chi connectivity index (χ3n) is 12.8. The topological polar surface area (TPSA) is 515 Å². The van der Waals surface area contributed by atoms with E-state index < -0.39 is 230 Å². The number of hydrogen-bond acceptors (Lipinski definition) is 31. The van der Waals surface area contributed by atoms with Gasteiger partial charge in [0.15, 0.2) is 37.7 Å². The first-order valence-electron chi connectivity index (χ1n) is 22.1. The van der Waals surface area contributed by atoms with Crippen molar-refractivity contribution in [2.75, 3.05) is 39.6 Å². The summed E-state index contributed by atoms with van der Waals surface area (Å²) in [5.41, 5.74) is 0. The molecule has 0 aliphatic carbocycles. The first kappa shape index (κ1) is 57.5. The van der Waals surface area contributed by atoms with Crippen LogP contribution in [0.2, 0.25) is 0 Å². The molecule has 408 valence electrons. The van der Waals surface area contributed by atoms with E-state index in [1.165, 1.54) is 0 Å². The van der Waals surface area contributed by atoms with Gasteiger partial charge < -0.3 is 154 Å². The van der Waals surface area contributed by atoms with Gasteiger partial charge in [0, 0.05) is 6.92 Å². The number of rotatable bonds is 17. The summed E-state index contributed by atoms with van der Waals surface area (Å²) in [6, 6.07) is -1.67. The molecule has 6 aliphatic rings. The zero-order valence-electron chi connectivity index (χ0n) is 37.0. The number of aliphatic hydroxyl groups excluding tert-OH is 19. The van der Waals surface area contributed by atoms with Crippen LogP contribution in [0.1, 0.15) is 6.92 Å². The fraction of sp³-hybridized carbons (Fsp3) is 0.974. The van der Waals surface area contributed by atoms with Crippen LogP contribution < -0.4 is 5.32 Å². The Morgan fingerprint density at radius 1 is 0.343 bits per heavy atom. The predicted molar refractivity (Wildman–Crippen MR) is 211 cm³/mol. The third kappa shape index (κ3) is 11.9. The highest BCUT2D eigenvalue weighted by atomic mass is 16.8. The van der Waals surface area contributed by atoms with Gasteiger partial charge in [-0.15, -0.1) is 0 Å². The van der Waals surface area contributed by atoms with Gasteiger partial charge in [-0.25, -0.2) is 0 Å². The molecule has 32 heteroatoms. The summed E-state index contributed by atoms with van der Waals surface area (Å²) in [6.45, 7) is -5.07. The summed E-state index contributed by atoms with van der Waals surface area (Å²) >= 11 is 0. The van der Waals surface area contributed by atoms with Gasteiger partial charge in [-0.2, -0.15) is 0 Å². The van der Waals surface area contributed by atoms with Crippen molar-refractivity contribution in [1.29, 1.82) is 0 Å². The molecule has 6 aliphatic heterocycles. The molecule has 20 N–H and O–H groups in total. The summed E-state index contributed by atoms with van der Waals surface area (Å²) in [5.74, 6) is -0.800. The molecule has 1 amide bonds. The third-order valence-corrected chi connectivity index (χ3v) is 12.8.